The highest BCUT2D eigenvalue weighted by Gasteiger charge is 2.51. The molecule has 3 rings (SSSR count). The van der Waals surface area contributed by atoms with Gasteiger partial charge >= 0.3 is 0 Å². The zero-order valence-corrected chi connectivity index (χ0v) is 20.2. The predicted octanol–water partition coefficient (Wildman–Crippen LogP) is -7.01. The molecule has 0 aromatic heterocycles. The minimum absolute atomic E-state index is 0.00549. The average Bonchev–Trinajstić information content (AvgIpc) is 2.88. The molecule has 14 atom stereocenters. The van der Waals surface area contributed by atoms with Crippen LogP contribution in [-0.4, -0.2) is 137 Å². The van der Waals surface area contributed by atoms with Gasteiger partial charge in [0.15, 0.2) is 12.6 Å². The first-order valence-electron chi connectivity index (χ1n) is 12.1. The third kappa shape index (κ3) is 6.81. The monoisotopic (exact) mass is 536 g/mol. The second-order valence-corrected chi connectivity index (χ2v) is 9.48. The summed E-state index contributed by atoms with van der Waals surface area (Å²) >= 11 is 0. The molecule has 3 aliphatic rings. The Kier molecular flexibility index (Phi) is 10.7. The van der Waals surface area contributed by atoms with Crippen molar-refractivity contribution in [2.45, 2.75) is 92.0 Å². The van der Waals surface area contributed by atoms with E-state index in [0.29, 0.717) is 0 Å². The molecule has 6 unspecified atom stereocenters. The van der Waals surface area contributed by atoms with Crippen LogP contribution in [0.1, 0.15) is 6.42 Å². The molecule has 2 heterocycles. The van der Waals surface area contributed by atoms with Crippen LogP contribution in [0.4, 0.5) is 0 Å². The van der Waals surface area contributed by atoms with Crippen molar-refractivity contribution < 1.29 is 49.3 Å². The van der Waals surface area contributed by atoms with E-state index in [1.807, 2.05) is 0 Å². The zero-order valence-electron chi connectivity index (χ0n) is 20.2. The first-order chi connectivity index (χ1) is 17.5. The number of carbonyl (C=O) groups excluding carboxylic acids is 1. The van der Waals surface area contributed by atoms with Crippen LogP contribution < -0.4 is 34.0 Å². The van der Waals surface area contributed by atoms with E-state index in [1.165, 1.54) is 0 Å². The van der Waals surface area contributed by atoms with Gasteiger partial charge in [-0.15, -0.1) is 0 Å². The van der Waals surface area contributed by atoms with Gasteiger partial charge in [-0.05, 0) is 6.42 Å². The standard InChI is InChI=1S/C21H40N6O10/c22-4-7-1-2-8(24)20(34-7)36-17-9(25)3-10(27-19(33)11(29)5-23)18(16(17)32)37-21-15(31)13(26)14(30)12(6-28)35-21/h1-2,7-18,20-21,28-32H,3-6,22-26H2,(H,27,33)/t7?,8?,9-,10+,11+,12?,13-,14+,15?,16?,17?,18-,20+,21+/m0/s1. The number of hydrogen-bond donors (Lipinski definition) is 11. The molecule has 16 N–H and O–H groups in total. The molecule has 2 aliphatic heterocycles. The summed E-state index contributed by atoms with van der Waals surface area (Å²) in [5.74, 6) is -0.834. The van der Waals surface area contributed by atoms with E-state index in [2.05, 4.69) is 5.32 Å². The molecule has 0 spiro atoms. The Hall–Kier alpha value is -1.35. The van der Waals surface area contributed by atoms with Gasteiger partial charge < -0.3 is 78.5 Å². The molecule has 0 bridgehead atoms. The fourth-order valence-electron chi connectivity index (χ4n) is 4.57. The lowest BCUT2D eigenvalue weighted by Crippen LogP contribution is -2.69. The van der Waals surface area contributed by atoms with Crippen LogP contribution >= 0.6 is 0 Å². The molecular formula is C21H40N6O10. The molecule has 16 heteroatoms. The smallest absolute Gasteiger partial charge is 0.250 e. The van der Waals surface area contributed by atoms with Gasteiger partial charge in [-0.2, -0.15) is 0 Å². The molecule has 1 aliphatic carbocycles. The van der Waals surface area contributed by atoms with E-state index >= 15 is 0 Å². The van der Waals surface area contributed by atoms with E-state index in [-0.39, 0.29) is 19.5 Å². The summed E-state index contributed by atoms with van der Waals surface area (Å²) in [5.41, 5.74) is 29.3. The maximum atomic E-state index is 12.4. The fraction of sp³-hybridized carbons (Fsp3) is 0.857. The summed E-state index contributed by atoms with van der Waals surface area (Å²) in [6.45, 7) is -0.811. The molecule has 1 saturated heterocycles. The second kappa shape index (κ2) is 13.1. The van der Waals surface area contributed by atoms with Crippen molar-refractivity contribution >= 4 is 5.91 Å². The molecule has 1 saturated carbocycles. The largest absolute Gasteiger partial charge is 0.394 e. The number of rotatable bonds is 9. The number of nitrogens with one attached hydrogen (secondary N) is 1. The van der Waals surface area contributed by atoms with Crippen LogP contribution in [0.5, 0.6) is 0 Å². The van der Waals surface area contributed by atoms with Crippen molar-refractivity contribution in [2.75, 3.05) is 19.7 Å². The molecule has 37 heavy (non-hydrogen) atoms. The number of hydrogen-bond acceptors (Lipinski definition) is 15. The molecular weight excluding hydrogens is 496 g/mol. The van der Waals surface area contributed by atoms with E-state index in [4.69, 9.17) is 47.6 Å². The Morgan fingerprint density at radius 3 is 2.30 bits per heavy atom. The molecule has 0 radical (unpaired) electrons. The van der Waals surface area contributed by atoms with E-state index in [9.17, 15) is 30.3 Å². The third-order valence-corrected chi connectivity index (χ3v) is 6.79. The van der Waals surface area contributed by atoms with Gasteiger partial charge in [0.25, 0.3) is 0 Å². The summed E-state index contributed by atoms with van der Waals surface area (Å²) < 4.78 is 23.0. The second-order valence-electron chi connectivity index (χ2n) is 9.48. The molecule has 1 amide bonds. The Morgan fingerprint density at radius 1 is 1.00 bits per heavy atom. The van der Waals surface area contributed by atoms with Crippen molar-refractivity contribution in [2.24, 2.45) is 28.7 Å². The van der Waals surface area contributed by atoms with Gasteiger partial charge in [-0.1, -0.05) is 12.2 Å². The number of amides is 1. The number of aliphatic hydroxyl groups is 5. The van der Waals surface area contributed by atoms with Gasteiger partial charge in [0.05, 0.1) is 30.8 Å². The topological polar surface area (TPSA) is 297 Å². The van der Waals surface area contributed by atoms with Crippen molar-refractivity contribution in [3.05, 3.63) is 12.2 Å². The summed E-state index contributed by atoms with van der Waals surface area (Å²) in [6, 6.07) is -3.79. The lowest BCUT2D eigenvalue weighted by Gasteiger charge is -2.48. The summed E-state index contributed by atoms with van der Waals surface area (Å²) in [5, 5.41) is 53.9. The first kappa shape index (κ1) is 30.2. The van der Waals surface area contributed by atoms with Crippen molar-refractivity contribution in [1.29, 1.82) is 0 Å². The highest BCUT2D eigenvalue weighted by atomic mass is 16.7. The van der Waals surface area contributed by atoms with Crippen LogP contribution in [0.25, 0.3) is 0 Å². The Morgan fingerprint density at radius 2 is 1.68 bits per heavy atom. The van der Waals surface area contributed by atoms with Crippen molar-refractivity contribution in [3.8, 4) is 0 Å². The number of aliphatic hydroxyl groups excluding tert-OH is 5. The van der Waals surface area contributed by atoms with Crippen molar-refractivity contribution in [3.63, 3.8) is 0 Å². The Balaban J connectivity index is 1.83. The zero-order chi connectivity index (χ0) is 27.4. The molecule has 0 aromatic carbocycles. The summed E-state index contributed by atoms with van der Waals surface area (Å²) in [4.78, 5) is 12.4. The maximum absolute atomic E-state index is 12.4. The molecule has 0 aromatic rings. The molecule has 16 nitrogen and oxygen atoms in total. The summed E-state index contributed by atoms with van der Waals surface area (Å²) in [6.07, 6.45) is -9.26. The lowest BCUT2D eigenvalue weighted by atomic mass is 9.83. The average molecular weight is 537 g/mol. The summed E-state index contributed by atoms with van der Waals surface area (Å²) in [7, 11) is 0. The minimum atomic E-state index is -1.56. The Bertz CT molecular complexity index is 780. The Labute approximate surface area is 213 Å². The van der Waals surface area contributed by atoms with Gasteiger partial charge in [-0.3, -0.25) is 4.79 Å². The van der Waals surface area contributed by atoms with E-state index in [0.717, 1.165) is 0 Å². The first-order valence-corrected chi connectivity index (χ1v) is 12.1. The lowest BCUT2D eigenvalue weighted by molar-refractivity contribution is -0.312. The van der Waals surface area contributed by atoms with Crippen LogP contribution in [0.2, 0.25) is 0 Å². The van der Waals surface area contributed by atoms with E-state index in [1.54, 1.807) is 12.2 Å². The van der Waals surface area contributed by atoms with Crippen LogP contribution in [0.15, 0.2) is 12.2 Å². The SMILES string of the molecule is NCC1C=CC(N)[C@@H](OC2C(O)[C@@H](O[C@H]3OC(CO)[C@@H](O)[C@H](N)C3O)[C@H](NC(=O)[C@H](O)CN)C[C@@H]2N)O1. The molecule has 214 valence electrons. The minimum Gasteiger partial charge on any atom is -0.394 e. The third-order valence-electron chi connectivity index (χ3n) is 6.79. The van der Waals surface area contributed by atoms with Crippen LogP contribution in [-0.2, 0) is 23.7 Å². The number of ether oxygens (including phenoxy) is 4. The van der Waals surface area contributed by atoms with Gasteiger partial charge in [0, 0.05) is 19.1 Å². The predicted molar refractivity (Wildman–Crippen MR) is 126 cm³/mol. The maximum Gasteiger partial charge on any atom is 0.250 e. The molecule has 2 fully saturated rings. The van der Waals surface area contributed by atoms with Crippen LogP contribution in [0.3, 0.4) is 0 Å². The fourth-order valence-corrected chi connectivity index (χ4v) is 4.57. The highest BCUT2D eigenvalue weighted by Crippen LogP contribution is 2.30. The van der Waals surface area contributed by atoms with Crippen molar-refractivity contribution in [1.82, 2.24) is 5.32 Å². The van der Waals surface area contributed by atoms with Gasteiger partial charge in [0.1, 0.15) is 42.7 Å². The van der Waals surface area contributed by atoms with E-state index < -0.39 is 98.1 Å². The number of nitrogens with two attached hydrogens (primary N) is 5. The normalized spacial score (nSPS) is 45.4. The number of carbonyl (C=O) groups is 1. The quantitative estimate of drug-likeness (QED) is 0.122. The van der Waals surface area contributed by atoms with Crippen LogP contribution in [0, 0.1) is 0 Å². The van der Waals surface area contributed by atoms with Gasteiger partial charge in [0.2, 0.25) is 5.91 Å². The highest BCUT2D eigenvalue weighted by molar-refractivity contribution is 5.81. The van der Waals surface area contributed by atoms with Gasteiger partial charge in [-0.25, -0.2) is 0 Å².